The largest absolute Gasteiger partial charge is 0.454 e. The fourth-order valence-corrected chi connectivity index (χ4v) is 3.49. The number of likely N-dealkylation sites (N-methyl/N-ethyl adjacent to an activating group) is 1. The molecule has 4 rings (SSSR count). The SMILES string of the molecule is CN(C(=O)[C@H](Cc1ccccc1)NC(=O)NOC(O)c1ccccc1)c1ccc2c(c1)OCO2. The first-order valence-corrected chi connectivity index (χ1v) is 10.7. The lowest BCUT2D eigenvalue weighted by Gasteiger charge is -2.25. The van der Waals surface area contributed by atoms with Gasteiger partial charge in [-0.15, -0.1) is 0 Å². The van der Waals surface area contributed by atoms with E-state index in [9.17, 15) is 14.7 Å². The van der Waals surface area contributed by atoms with Gasteiger partial charge in [-0.2, -0.15) is 0 Å². The molecule has 0 saturated carbocycles. The third kappa shape index (κ3) is 5.64. The second-order valence-electron chi connectivity index (χ2n) is 7.63. The van der Waals surface area contributed by atoms with Gasteiger partial charge in [-0.25, -0.2) is 15.1 Å². The summed E-state index contributed by atoms with van der Waals surface area (Å²) in [5, 5.41) is 12.7. The number of nitrogens with one attached hydrogen (secondary N) is 2. The van der Waals surface area contributed by atoms with Crippen LogP contribution < -0.4 is 25.2 Å². The Hall–Kier alpha value is -4.08. The molecule has 0 bridgehead atoms. The van der Waals surface area contributed by atoms with E-state index in [2.05, 4.69) is 10.8 Å². The van der Waals surface area contributed by atoms with Crippen LogP contribution >= 0.6 is 0 Å². The van der Waals surface area contributed by atoms with Gasteiger partial charge in [-0.3, -0.25) is 4.79 Å². The van der Waals surface area contributed by atoms with Crippen molar-refractivity contribution in [3.8, 4) is 11.5 Å². The van der Waals surface area contributed by atoms with Crippen LogP contribution in [0.4, 0.5) is 10.5 Å². The molecular formula is C25H25N3O6. The zero-order valence-electron chi connectivity index (χ0n) is 18.5. The van der Waals surface area contributed by atoms with Crippen molar-refractivity contribution in [3.05, 3.63) is 90.0 Å². The van der Waals surface area contributed by atoms with Gasteiger partial charge in [-0.1, -0.05) is 60.7 Å². The van der Waals surface area contributed by atoms with Crippen LogP contribution in [0.3, 0.4) is 0 Å². The van der Waals surface area contributed by atoms with Gasteiger partial charge < -0.3 is 24.8 Å². The molecule has 3 amide bonds. The molecule has 9 heteroatoms. The summed E-state index contributed by atoms with van der Waals surface area (Å²) in [4.78, 5) is 32.4. The summed E-state index contributed by atoms with van der Waals surface area (Å²) in [5.41, 5.74) is 4.09. The van der Waals surface area contributed by atoms with E-state index in [4.69, 9.17) is 14.3 Å². The summed E-state index contributed by atoms with van der Waals surface area (Å²) in [6.45, 7) is 0.129. The van der Waals surface area contributed by atoms with Crippen molar-refractivity contribution in [2.75, 3.05) is 18.7 Å². The number of nitrogens with zero attached hydrogens (tertiary/aromatic N) is 1. The molecule has 0 saturated heterocycles. The number of hydroxylamine groups is 1. The second-order valence-corrected chi connectivity index (χ2v) is 7.63. The normalized spacial score (nSPS) is 13.6. The van der Waals surface area contributed by atoms with Crippen molar-refractivity contribution < 1.29 is 29.0 Å². The number of carbonyl (C=O) groups is 2. The summed E-state index contributed by atoms with van der Waals surface area (Å²) in [5.74, 6) is 0.810. The summed E-state index contributed by atoms with van der Waals surface area (Å²) in [7, 11) is 1.62. The van der Waals surface area contributed by atoms with Crippen LogP contribution in [-0.4, -0.2) is 36.9 Å². The Labute approximate surface area is 196 Å². The Bertz CT molecular complexity index is 1130. The maximum absolute atomic E-state index is 13.4. The van der Waals surface area contributed by atoms with Crippen LogP contribution in [0.25, 0.3) is 0 Å². The highest BCUT2D eigenvalue weighted by atomic mass is 16.7. The third-order valence-corrected chi connectivity index (χ3v) is 5.31. The van der Waals surface area contributed by atoms with Crippen molar-refractivity contribution >= 4 is 17.6 Å². The monoisotopic (exact) mass is 463 g/mol. The molecule has 1 unspecified atom stereocenters. The lowest BCUT2D eigenvalue weighted by atomic mass is 10.0. The highest BCUT2D eigenvalue weighted by molar-refractivity contribution is 5.99. The van der Waals surface area contributed by atoms with E-state index >= 15 is 0 Å². The minimum absolute atomic E-state index is 0.129. The molecule has 0 aromatic heterocycles. The first-order valence-electron chi connectivity index (χ1n) is 10.7. The van der Waals surface area contributed by atoms with Gasteiger partial charge in [0, 0.05) is 30.8 Å². The van der Waals surface area contributed by atoms with Crippen LogP contribution in [-0.2, 0) is 16.1 Å². The van der Waals surface area contributed by atoms with Gasteiger partial charge in [0.15, 0.2) is 11.5 Å². The summed E-state index contributed by atoms with van der Waals surface area (Å²) >= 11 is 0. The van der Waals surface area contributed by atoms with Crippen LogP contribution in [0.1, 0.15) is 17.4 Å². The Kier molecular flexibility index (Phi) is 7.26. The molecule has 0 radical (unpaired) electrons. The van der Waals surface area contributed by atoms with E-state index in [1.54, 1.807) is 55.6 Å². The molecule has 3 aromatic carbocycles. The molecule has 0 aliphatic carbocycles. The van der Waals surface area contributed by atoms with Gasteiger partial charge in [0.2, 0.25) is 19.0 Å². The summed E-state index contributed by atoms with van der Waals surface area (Å²) in [6.07, 6.45) is -1.10. The highest BCUT2D eigenvalue weighted by Crippen LogP contribution is 2.35. The number of amides is 3. The number of hydrogen-bond donors (Lipinski definition) is 3. The number of aliphatic hydroxyl groups excluding tert-OH is 1. The van der Waals surface area contributed by atoms with Crippen LogP contribution in [0.15, 0.2) is 78.9 Å². The number of aliphatic hydroxyl groups is 1. The lowest BCUT2D eigenvalue weighted by Crippen LogP contribution is -2.51. The Balaban J connectivity index is 1.44. The number of hydrogen-bond acceptors (Lipinski definition) is 6. The quantitative estimate of drug-likeness (QED) is 0.350. The maximum Gasteiger partial charge on any atom is 0.339 e. The molecular weight excluding hydrogens is 438 g/mol. The predicted molar refractivity (Wildman–Crippen MR) is 124 cm³/mol. The van der Waals surface area contributed by atoms with Crippen molar-refractivity contribution in [1.29, 1.82) is 0 Å². The van der Waals surface area contributed by atoms with E-state index in [-0.39, 0.29) is 19.1 Å². The number of rotatable bonds is 8. The van der Waals surface area contributed by atoms with Gasteiger partial charge in [-0.05, 0) is 17.7 Å². The van der Waals surface area contributed by atoms with Gasteiger partial charge >= 0.3 is 6.03 Å². The van der Waals surface area contributed by atoms with E-state index in [0.29, 0.717) is 22.7 Å². The van der Waals surface area contributed by atoms with E-state index in [1.165, 1.54) is 4.90 Å². The van der Waals surface area contributed by atoms with Crippen molar-refractivity contribution in [3.63, 3.8) is 0 Å². The van der Waals surface area contributed by atoms with Gasteiger partial charge in [0.25, 0.3) is 0 Å². The van der Waals surface area contributed by atoms with Gasteiger partial charge in [0.05, 0.1) is 0 Å². The molecule has 2 atom stereocenters. The Morgan fingerprint density at radius 3 is 2.41 bits per heavy atom. The molecule has 3 N–H and O–H groups in total. The highest BCUT2D eigenvalue weighted by Gasteiger charge is 2.27. The van der Waals surface area contributed by atoms with Gasteiger partial charge in [0.1, 0.15) is 6.04 Å². The molecule has 3 aromatic rings. The minimum Gasteiger partial charge on any atom is -0.454 e. The number of urea groups is 1. The van der Waals surface area contributed by atoms with Crippen molar-refractivity contribution in [2.24, 2.45) is 0 Å². The number of benzene rings is 3. The number of ether oxygens (including phenoxy) is 2. The Morgan fingerprint density at radius 2 is 1.68 bits per heavy atom. The first kappa shape index (κ1) is 23.1. The van der Waals surface area contributed by atoms with Crippen molar-refractivity contribution in [2.45, 2.75) is 18.8 Å². The van der Waals surface area contributed by atoms with E-state index in [0.717, 1.165) is 5.56 Å². The van der Waals surface area contributed by atoms with Crippen LogP contribution in [0.5, 0.6) is 11.5 Å². The zero-order chi connectivity index (χ0) is 23.9. The van der Waals surface area contributed by atoms with Crippen LogP contribution in [0, 0.1) is 0 Å². The summed E-state index contributed by atoms with van der Waals surface area (Å²) < 4.78 is 10.7. The fraction of sp³-hybridized carbons (Fsp3) is 0.200. The third-order valence-electron chi connectivity index (χ3n) is 5.31. The molecule has 1 aliphatic rings. The maximum atomic E-state index is 13.4. The zero-order valence-corrected chi connectivity index (χ0v) is 18.5. The average molecular weight is 463 g/mol. The van der Waals surface area contributed by atoms with E-state index in [1.807, 2.05) is 30.3 Å². The minimum atomic E-state index is -1.36. The number of anilines is 1. The van der Waals surface area contributed by atoms with Crippen LogP contribution in [0.2, 0.25) is 0 Å². The predicted octanol–water partition coefficient (Wildman–Crippen LogP) is 2.91. The second kappa shape index (κ2) is 10.7. The number of fused-ring (bicyclic) bond motifs is 1. The Morgan fingerprint density at radius 1 is 1.00 bits per heavy atom. The lowest BCUT2D eigenvalue weighted by molar-refractivity contribution is -0.136. The standard InChI is InChI=1S/C25H25N3O6/c1-28(19-12-13-21-22(15-19)33-16-32-21)23(29)20(14-17-8-4-2-5-9-17)26-25(31)27-34-24(30)18-10-6-3-7-11-18/h2-13,15,20,24,30H,14,16H2,1H3,(H2,26,27,31)/t20-,24?/m0/s1. The molecule has 34 heavy (non-hydrogen) atoms. The molecule has 1 heterocycles. The molecule has 0 spiro atoms. The van der Waals surface area contributed by atoms with E-state index < -0.39 is 18.4 Å². The molecule has 176 valence electrons. The smallest absolute Gasteiger partial charge is 0.339 e. The summed E-state index contributed by atoms with van der Waals surface area (Å²) in [6, 6.07) is 21.4. The fourth-order valence-electron chi connectivity index (χ4n) is 3.49. The molecule has 0 fully saturated rings. The van der Waals surface area contributed by atoms with Crippen molar-refractivity contribution in [1.82, 2.24) is 10.8 Å². The number of carbonyl (C=O) groups excluding carboxylic acids is 2. The first-order chi connectivity index (χ1) is 16.5. The molecule has 9 nitrogen and oxygen atoms in total. The average Bonchev–Trinajstić information content (AvgIpc) is 3.35. The molecule has 1 aliphatic heterocycles. The topological polar surface area (TPSA) is 109 Å².